The van der Waals surface area contributed by atoms with E-state index < -0.39 is 16.0 Å². The summed E-state index contributed by atoms with van der Waals surface area (Å²) in [7, 11) is -3.85. The van der Waals surface area contributed by atoms with E-state index in [1.54, 1.807) is 37.3 Å². The summed E-state index contributed by atoms with van der Waals surface area (Å²) in [6.07, 6.45) is 1.16. The molecule has 0 aliphatic carbocycles. The highest BCUT2D eigenvalue weighted by Gasteiger charge is 2.16. The minimum Gasteiger partial charge on any atom is -0.462 e. The van der Waals surface area contributed by atoms with Crippen molar-refractivity contribution in [1.29, 1.82) is 5.26 Å². The molecule has 0 aromatic heterocycles. The number of anilines is 2. The summed E-state index contributed by atoms with van der Waals surface area (Å²) in [5.74, 6) is -0.772. The van der Waals surface area contributed by atoms with Gasteiger partial charge in [0.05, 0.1) is 22.9 Å². The third-order valence-electron chi connectivity index (χ3n) is 3.28. The third kappa shape index (κ3) is 5.48. The van der Waals surface area contributed by atoms with Crippen LogP contribution in [-0.4, -0.2) is 21.0 Å². The van der Waals surface area contributed by atoms with E-state index in [4.69, 9.17) is 21.6 Å². The molecule has 0 radical (unpaired) electrons. The number of carbonyl (C=O) groups is 1. The van der Waals surface area contributed by atoms with Gasteiger partial charge in [-0.1, -0.05) is 23.7 Å². The number of rotatable bonds is 7. The first-order valence-electron chi connectivity index (χ1n) is 7.78. The molecule has 0 aliphatic heterocycles. The lowest BCUT2D eigenvalue weighted by Crippen LogP contribution is -2.14. The number of para-hydroxylation sites is 2. The van der Waals surface area contributed by atoms with Crippen LogP contribution in [0.1, 0.15) is 6.92 Å². The number of carbonyl (C=O) groups excluding carboxylic acids is 1. The van der Waals surface area contributed by atoms with E-state index >= 15 is 0 Å². The van der Waals surface area contributed by atoms with E-state index in [2.05, 4.69) is 10.0 Å². The summed E-state index contributed by atoms with van der Waals surface area (Å²) >= 11 is 5.78. The van der Waals surface area contributed by atoms with Crippen LogP contribution in [0.15, 0.2) is 65.2 Å². The predicted octanol–water partition coefficient (Wildman–Crippen LogP) is 3.52. The highest BCUT2D eigenvalue weighted by molar-refractivity contribution is 7.92. The summed E-state index contributed by atoms with van der Waals surface area (Å²) in [5.41, 5.74) is 0.351. The Morgan fingerprint density at radius 2 is 1.81 bits per heavy atom. The summed E-state index contributed by atoms with van der Waals surface area (Å²) in [6.45, 7) is 1.76. The van der Waals surface area contributed by atoms with Gasteiger partial charge in [-0.3, -0.25) is 4.72 Å². The van der Waals surface area contributed by atoms with Crippen LogP contribution in [0.3, 0.4) is 0 Å². The molecule has 0 saturated heterocycles. The summed E-state index contributed by atoms with van der Waals surface area (Å²) in [5, 5.41) is 12.2. The van der Waals surface area contributed by atoms with Gasteiger partial charge in [0.2, 0.25) is 0 Å². The van der Waals surface area contributed by atoms with Crippen LogP contribution >= 0.6 is 11.6 Å². The Morgan fingerprint density at radius 1 is 1.19 bits per heavy atom. The molecular weight excluding hydrogens is 390 g/mol. The van der Waals surface area contributed by atoms with Gasteiger partial charge in [-0.15, -0.1) is 0 Å². The van der Waals surface area contributed by atoms with Gasteiger partial charge < -0.3 is 10.1 Å². The predicted molar refractivity (Wildman–Crippen MR) is 103 cm³/mol. The van der Waals surface area contributed by atoms with Gasteiger partial charge >= 0.3 is 5.97 Å². The minimum atomic E-state index is -3.85. The van der Waals surface area contributed by atoms with Gasteiger partial charge in [-0.05, 0) is 43.3 Å². The van der Waals surface area contributed by atoms with Crippen molar-refractivity contribution in [2.75, 3.05) is 16.6 Å². The lowest BCUT2D eigenvalue weighted by atomic mass is 10.2. The number of ether oxygens (including phenoxy) is 1. The van der Waals surface area contributed by atoms with Crippen molar-refractivity contribution in [1.82, 2.24) is 0 Å². The SMILES string of the molecule is CCOC(=O)/C(C#N)=C/Nc1ccccc1NS(=O)(=O)c1ccc(Cl)cc1. The van der Waals surface area contributed by atoms with E-state index in [-0.39, 0.29) is 22.8 Å². The van der Waals surface area contributed by atoms with Crippen LogP contribution < -0.4 is 10.0 Å². The average Bonchev–Trinajstić information content (AvgIpc) is 2.64. The lowest BCUT2D eigenvalue weighted by molar-refractivity contribution is -0.138. The molecule has 9 heteroatoms. The number of hydrogen-bond acceptors (Lipinski definition) is 6. The molecule has 0 saturated carbocycles. The third-order valence-corrected chi connectivity index (χ3v) is 4.92. The molecule has 0 bridgehead atoms. The zero-order chi connectivity index (χ0) is 19.9. The van der Waals surface area contributed by atoms with E-state index in [0.717, 1.165) is 6.20 Å². The molecule has 0 fully saturated rings. The number of sulfonamides is 1. The van der Waals surface area contributed by atoms with Gasteiger partial charge in [-0.25, -0.2) is 13.2 Å². The molecule has 27 heavy (non-hydrogen) atoms. The first-order valence-corrected chi connectivity index (χ1v) is 9.65. The van der Waals surface area contributed by atoms with Crippen molar-refractivity contribution in [3.8, 4) is 6.07 Å². The highest BCUT2D eigenvalue weighted by Crippen LogP contribution is 2.25. The quantitative estimate of drug-likeness (QED) is 0.414. The molecule has 2 N–H and O–H groups in total. The first-order chi connectivity index (χ1) is 12.9. The average molecular weight is 406 g/mol. The molecule has 0 spiro atoms. The van der Waals surface area contributed by atoms with E-state index in [9.17, 15) is 13.2 Å². The van der Waals surface area contributed by atoms with Crippen LogP contribution in [-0.2, 0) is 19.6 Å². The number of nitrogens with one attached hydrogen (secondary N) is 2. The van der Waals surface area contributed by atoms with Crippen molar-refractivity contribution in [3.05, 3.63) is 65.3 Å². The minimum absolute atomic E-state index is 0.0430. The maximum atomic E-state index is 12.5. The molecule has 0 heterocycles. The molecule has 2 rings (SSSR count). The Labute approximate surface area is 162 Å². The zero-order valence-corrected chi connectivity index (χ0v) is 15.8. The van der Waals surface area contributed by atoms with Crippen molar-refractivity contribution >= 4 is 39.0 Å². The second kappa shape index (κ2) is 9.07. The number of nitrogens with zero attached hydrogens (tertiary/aromatic N) is 1. The molecular formula is C18H16ClN3O4S. The van der Waals surface area contributed by atoms with Crippen molar-refractivity contribution in [3.63, 3.8) is 0 Å². The van der Waals surface area contributed by atoms with Gasteiger partial charge in [-0.2, -0.15) is 5.26 Å². The summed E-state index contributed by atoms with van der Waals surface area (Å²) in [4.78, 5) is 11.7. The molecule has 0 unspecified atom stereocenters. The second-order valence-corrected chi connectivity index (χ2v) is 7.26. The fourth-order valence-corrected chi connectivity index (χ4v) is 3.22. The van der Waals surface area contributed by atoms with Crippen LogP contribution in [0.5, 0.6) is 0 Å². The van der Waals surface area contributed by atoms with Crippen molar-refractivity contribution in [2.45, 2.75) is 11.8 Å². The van der Waals surface area contributed by atoms with E-state index in [0.29, 0.717) is 10.7 Å². The standard InChI is InChI=1S/C18H16ClN3O4S/c1-2-26-18(23)13(11-20)12-21-16-5-3-4-6-17(16)22-27(24,25)15-9-7-14(19)8-10-15/h3-10,12,21-22H,2H2,1H3/b13-12+. The molecule has 7 nitrogen and oxygen atoms in total. The molecule has 2 aromatic rings. The summed E-state index contributed by atoms with van der Waals surface area (Å²) < 4.78 is 32.3. The van der Waals surface area contributed by atoms with E-state index in [1.807, 2.05) is 0 Å². The van der Waals surface area contributed by atoms with E-state index in [1.165, 1.54) is 24.3 Å². The number of hydrogen-bond donors (Lipinski definition) is 2. The fraction of sp³-hybridized carbons (Fsp3) is 0.111. The van der Waals surface area contributed by atoms with Gasteiger partial charge in [0.25, 0.3) is 10.0 Å². The normalized spacial score (nSPS) is 11.4. The Kier molecular flexibility index (Phi) is 6.82. The number of halogens is 1. The van der Waals surface area contributed by atoms with Crippen LogP contribution in [0.25, 0.3) is 0 Å². The molecule has 0 atom stereocenters. The van der Waals surface area contributed by atoms with Crippen molar-refractivity contribution in [2.24, 2.45) is 0 Å². The van der Waals surface area contributed by atoms with Crippen LogP contribution in [0.4, 0.5) is 11.4 Å². The Balaban J connectivity index is 2.26. The number of benzene rings is 2. The largest absolute Gasteiger partial charge is 0.462 e. The molecule has 140 valence electrons. The topological polar surface area (TPSA) is 108 Å². The van der Waals surface area contributed by atoms with Crippen LogP contribution in [0.2, 0.25) is 5.02 Å². The van der Waals surface area contributed by atoms with Gasteiger partial charge in [0.15, 0.2) is 5.57 Å². The number of nitriles is 1. The Hall–Kier alpha value is -3.02. The zero-order valence-electron chi connectivity index (χ0n) is 14.3. The van der Waals surface area contributed by atoms with Crippen molar-refractivity contribution < 1.29 is 17.9 Å². The Bertz CT molecular complexity index is 996. The molecule has 0 amide bonds. The first kappa shape index (κ1) is 20.3. The van der Waals surface area contributed by atoms with Gasteiger partial charge in [0, 0.05) is 11.2 Å². The number of esters is 1. The fourth-order valence-electron chi connectivity index (χ4n) is 2.01. The smallest absolute Gasteiger partial charge is 0.350 e. The highest BCUT2D eigenvalue weighted by atomic mass is 35.5. The maximum Gasteiger partial charge on any atom is 0.350 e. The molecule has 2 aromatic carbocycles. The monoisotopic (exact) mass is 405 g/mol. The van der Waals surface area contributed by atoms with Gasteiger partial charge in [0.1, 0.15) is 6.07 Å². The molecule has 0 aliphatic rings. The Morgan fingerprint density at radius 3 is 2.41 bits per heavy atom. The summed E-state index contributed by atoms with van der Waals surface area (Å²) in [6, 6.07) is 13.9. The lowest BCUT2D eigenvalue weighted by Gasteiger charge is -2.13. The van der Waals surface area contributed by atoms with Crippen LogP contribution in [0, 0.1) is 11.3 Å². The second-order valence-electron chi connectivity index (χ2n) is 5.14. The maximum absolute atomic E-state index is 12.5.